The van der Waals surface area contributed by atoms with Crippen molar-refractivity contribution in [2.45, 2.75) is 43.5 Å². The molecule has 1 aliphatic carbocycles. The molecular weight excluding hydrogens is 439 g/mol. The zero-order valence-electron chi connectivity index (χ0n) is 18.8. The molecule has 2 aromatic carbocycles. The van der Waals surface area contributed by atoms with Crippen LogP contribution in [0.3, 0.4) is 0 Å². The number of benzene rings is 2. The maximum absolute atomic E-state index is 13.5. The quantitative estimate of drug-likeness (QED) is 0.476. The highest BCUT2D eigenvalue weighted by Crippen LogP contribution is 2.42. The Bertz CT molecular complexity index is 1010. The summed E-state index contributed by atoms with van der Waals surface area (Å²) in [7, 11) is 1.59. The molecule has 1 aliphatic heterocycles. The third kappa shape index (κ3) is 5.84. The largest absolute Gasteiger partial charge is 0.383 e. The molecule has 7 heteroatoms. The first-order valence-electron chi connectivity index (χ1n) is 11.4. The van der Waals surface area contributed by atoms with Gasteiger partial charge in [-0.25, -0.2) is 4.39 Å². The van der Waals surface area contributed by atoms with E-state index in [9.17, 15) is 14.0 Å². The van der Waals surface area contributed by atoms with Gasteiger partial charge in [-0.2, -0.15) is 0 Å². The van der Waals surface area contributed by atoms with E-state index in [1.54, 1.807) is 43.1 Å². The second-order valence-corrected chi connectivity index (χ2v) is 9.73. The first-order chi connectivity index (χ1) is 16.0. The molecule has 2 aliphatic rings. The van der Waals surface area contributed by atoms with Crippen molar-refractivity contribution < 1.29 is 18.7 Å². The van der Waals surface area contributed by atoms with Crippen molar-refractivity contribution in [3.8, 4) is 0 Å². The highest BCUT2D eigenvalue weighted by atomic mass is 32.2. The minimum absolute atomic E-state index is 0.0221. The molecule has 174 valence electrons. The summed E-state index contributed by atoms with van der Waals surface area (Å²) in [6, 6.07) is 13.9. The summed E-state index contributed by atoms with van der Waals surface area (Å²) in [6.07, 6.45) is 6.31. The minimum Gasteiger partial charge on any atom is -0.383 e. The van der Waals surface area contributed by atoms with Gasteiger partial charge < -0.3 is 15.0 Å². The Morgan fingerprint density at radius 1 is 1.15 bits per heavy atom. The molecule has 33 heavy (non-hydrogen) atoms. The van der Waals surface area contributed by atoms with Crippen LogP contribution in [0, 0.1) is 5.82 Å². The van der Waals surface area contributed by atoms with E-state index in [0.717, 1.165) is 35.3 Å². The van der Waals surface area contributed by atoms with Gasteiger partial charge in [-0.1, -0.05) is 37.1 Å². The van der Waals surface area contributed by atoms with Gasteiger partial charge in [0.25, 0.3) is 11.8 Å². The van der Waals surface area contributed by atoms with Crippen LogP contribution in [-0.4, -0.2) is 48.3 Å². The van der Waals surface area contributed by atoms with Gasteiger partial charge in [-0.05, 0) is 54.3 Å². The second-order valence-electron chi connectivity index (χ2n) is 8.45. The Labute approximate surface area is 198 Å². The molecule has 2 amide bonds. The van der Waals surface area contributed by atoms with Crippen LogP contribution in [0.25, 0.3) is 6.08 Å². The lowest BCUT2D eigenvalue weighted by Crippen LogP contribution is -2.50. The number of methoxy groups -OCH3 is 1. The van der Waals surface area contributed by atoms with Gasteiger partial charge in [-0.3, -0.25) is 9.59 Å². The van der Waals surface area contributed by atoms with Crippen LogP contribution in [0.1, 0.15) is 47.2 Å². The number of thioether (sulfide) groups is 1. The number of hydrogen-bond donors (Lipinski definition) is 1. The van der Waals surface area contributed by atoms with Crippen LogP contribution in [0.15, 0.2) is 53.4 Å². The molecular formula is C26H29FN2O3S. The molecule has 2 aromatic rings. The van der Waals surface area contributed by atoms with Gasteiger partial charge in [0.05, 0.1) is 11.5 Å². The molecule has 0 bridgehead atoms. The summed E-state index contributed by atoms with van der Waals surface area (Å²) < 4.78 is 18.3. The number of fused-ring (bicyclic) bond motifs is 1. The SMILES string of the molecule is COCCNC(=O)c1ccc(/C=C2\SC3CCCCC3N(Cc3ccc(F)cc3)C2=O)cc1. The molecule has 1 N–H and O–H groups in total. The number of amides is 2. The third-order valence-corrected chi connectivity index (χ3v) is 7.55. The fourth-order valence-corrected chi connectivity index (χ4v) is 5.87. The Morgan fingerprint density at radius 3 is 2.61 bits per heavy atom. The van der Waals surface area contributed by atoms with Crippen LogP contribution in [-0.2, 0) is 16.1 Å². The fraction of sp³-hybridized carbons (Fsp3) is 0.385. The molecule has 0 spiro atoms. The van der Waals surface area contributed by atoms with Gasteiger partial charge in [-0.15, -0.1) is 11.8 Å². The molecule has 2 unspecified atom stereocenters. The standard InChI is InChI=1S/C26H29FN2O3S/c1-32-15-14-28-25(30)20-10-6-18(7-11-20)16-24-26(31)29(17-19-8-12-21(27)13-9-19)22-4-2-3-5-23(22)33-24/h6-13,16,22-23H,2-5,14-15,17H2,1H3,(H,28,30)/b24-16-. The summed E-state index contributed by atoms with van der Waals surface area (Å²) in [6.45, 7) is 1.41. The van der Waals surface area contributed by atoms with Crippen molar-refractivity contribution >= 4 is 29.7 Å². The molecule has 1 saturated carbocycles. The average Bonchev–Trinajstić information content (AvgIpc) is 2.83. The molecule has 0 radical (unpaired) electrons. The van der Waals surface area contributed by atoms with Crippen LogP contribution < -0.4 is 5.32 Å². The first-order valence-corrected chi connectivity index (χ1v) is 12.2. The Balaban J connectivity index is 1.52. The lowest BCUT2D eigenvalue weighted by Gasteiger charge is -2.44. The fourth-order valence-electron chi connectivity index (χ4n) is 4.40. The highest BCUT2D eigenvalue weighted by molar-refractivity contribution is 8.04. The smallest absolute Gasteiger partial charge is 0.260 e. The van der Waals surface area contributed by atoms with E-state index < -0.39 is 0 Å². The van der Waals surface area contributed by atoms with Gasteiger partial charge in [0.1, 0.15) is 5.82 Å². The highest BCUT2D eigenvalue weighted by Gasteiger charge is 2.40. The van der Waals surface area contributed by atoms with Crippen molar-refractivity contribution in [3.63, 3.8) is 0 Å². The zero-order chi connectivity index (χ0) is 23.2. The number of nitrogens with zero attached hydrogens (tertiary/aromatic N) is 1. The van der Waals surface area contributed by atoms with Gasteiger partial charge in [0.2, 0.25) is 0 Å². The molecule has 5 nitrogen and oxygen atoms in total. The molecule has 0 aromatic heterocycles. The van der Waals surface area contributed by atoms with E-state index in [0.29, 0.717) is 30.5 Å². The monoisotopic (exact) mass is 468 g/mol. The summed E-state index contributed by atoms with van der Waals surface area (Å²) in [5.74, 6) is -0.398. The zero-order valence-corrected chi connectivity index (χ0v) is 19.6. The van der Waals surface area contributed by atoms with Crippen LogP contribution in [0.4, 0.5) is 4.39 Å². The van der Waals surface area contributed by atoms with Gasteiger partial charge in [0, 0.05) is 37.1 Å². The molecule has 4 rings (SSSR count). The lowest BCUT2D eigenvalue weighted by molar-refractivity contribution is -0.130. The van der Waals surface area contributed by atoms with Gasteiger partial charge >= 0.3 is 0 Å². The third-order valence-electron chi connectivity index (χ3n) is 6.15. The Hall–Kier alpha value is -2.64. The number of carbonyl (C=O) groups is 2. The normalized spacial score (nSPS) is 21.7. The summed E-state index contributed by atoms with van der Waals surface area (Å²) >= 11 is 1.68. The number of carbonyl (C=O) groups excluding carboxylic acids is 2. The summed E-state index contributed by atoms with van der Waals surface area (Å²) in [4.78, 5) is 28.4. The predicted molar refractivity (Wildman–Crippen MR) is 129 cm³/mol. The first kappa shape index (κ1) is 23.5. The molecule has 1 heterocycles. The number of rotatable bonds is 7. The average molecular weight is 469 g/mol. The lowest BCUT2D eigenvalue weighted by atomic mass is 9.92. The van der Waals surface area contributed by atoms with Crippen molar-refractivity contribution in [2.75, 3.05) is 20.3 Å². The van der Waals surface area contributed by atoms with E-state index >= 15 is 0 Å². The van der Waals surface area contributed by atoms with Crippen molar-refractivity contribution in [1.82, 2.24) is 10.2 Å². The number of halogens is 1. The maximum Gasteiger partial charge on any atom is 0.260 e. The number of nitrogens with one attached hydrogen (secondary N) is 1. The minimum atomic E-state index is -0.272. The molecule has 2 fully saturated rings. The number of hydrogen-bond acceptors (Lipinski definition) is 4. The Kier molecular flexibility index (Phi) is 7.83. The van der Waals surface area contributed by atoms with E-state index in [1.807, 2.05) is 23.1 Å². The molecule has 1 saturated heterocycles. The van der Waals surface area contributed by atoms with E-state index in [4.69, 9.17) is 4.74 Å². The topological polar surface area (TPSA) is 58.6 Å². The van der Waals surface area contributed by atoms with E-state index in [1.165, 1.54) is 18.6 Å². The van der Waals surface area contributed by atoms with Gasteiger partial charge in [0.15, 0.2) is 0 Å². The summed E-state index contributed by atoms with van der Waals surface area (Å²) in [5.41, 5.74) is 2.39. The Morgan fingerprint density at radius 2 is 1.88 bits per heavy atom. The van der Waals surface area contributed by atoms with Crippen molar-refractivity contribution in [3.05, 3.63) is 75.9 Å². The number of ether oxygens (including phenoxy) is 1. The van der Waals surface area contributed by atoms with Crippen LogP contribution in [0.5, 0.6) is 0 Å². The van der Waals surface area contributed by atoms with E-state index in [-0.39, 0.29) is 23.7 Å². The molecule has 2 atom stereocenters. The maximum atomic E-state index is 13.5. The summed E-state index contributed by atoms with van der Waals surface area (Å²) in [5, 5.41) is 3.17. The predicted octanol–water partition coefficient (Wildman–Crippen LogP) is 4.63. The van der Waals surface area contributed by atoms with Crippen LogP contribution >= 0.6 is 11.8 Å². The second kappa shape index (κ2) is 11.0. The van der Waals surface area contributed by atoms with Crippen LogP contribution in [0.2, 0.25) is 0 Å². The van der Waals surface area contributed by atoms with E-state index in [2.05, 4.69) is 5.32 Å². The van der Waals surface area contributed by atoms with Crippen molar-refractivity contribution in [1.29, 1.82) is 0 Å². The van der Waals surface area contributed by atoms with Crippen molar-refractivity contribution in [2.24, 2.45) is 0 Å².